The van der Waals surface area contributed by atoms with Gasteiger partial charge in [0.25, 0.3) is 0 Å². The molecule has 2 aromatic rings. The van der Waals surface area contributed by atoms with Crippen LogP contribution in [0.1, 0.15) is 38.2 Å². The van der Waals surface area contributed by atoms with Crippen LogP contribution in [-0.2, 0) is 16.2 Å². The summed E-state index contributed by atoms with van der Waals surface area (Å²) in [5, 5.41) is 17.2. The van der Waals surface area contributed by atoms with Crippen molar-refractivity contribution >= 4 is 34.9 Å². The minimum atomic E-state index is -0.997. The fourth-order valence-electron chi connectivity index (χ4n) is 4.01. The van der Waals surface area contributed by atoms with E-state index in [-0.39, 0.29) is 6.61 Å². The first-order valence-corrected chi connectivity index (χ1v) is 11.5. The summed E-state index contributed by atoms with van der Waals surface area (Å²) in [7, 11) is 0. The Morgan fingerprint density at radius 2 is 2.13 bits per heavy atom. The van der Waals surface area contributed by atoms with Crippen LogP contribution in [0.25, 0.3) is 0 Å². The summed E-state index contributed by atoms with van der Waals surface area (Å²) >= 11 is 1.64. The lowest BCUT2D eigenvalue weighted by molar-refractivity contribution is -0.142. The zero-order chi connectivity index (χ0) is 21.6. The van der Waals surface area contributed by atoms with Gasteiger partial charge in [-0.3, -0.25) is 4.90 Å². The number of nitrogens with one attached hydrogen (secondary N) is 1. The molecule has 1 aromatic carbocycles. The van der Waals surface area contributed by atoms with E-state index in [4.69, 9.17) is 9.94 Å². The molecule has 1 saturated heterocycles. The standard InChI is InChI=1S/C22H27N5O3S/c1-2-3-17(26-30-14-20(28)29)16-6-10-27(11-7-16)13-15-4-5-19-18(12-15)25-21-22(31-19)24-9-8-23-21/h4-5,8-9,12,16H,2-3,6-7,10-11,13-14H2,1H3,(H,23,25)(H,28,29). The van der Waals surface area contributed by atoms with Crippen molar-refractivity contribution in [2.24, 2.45) is 11.1 Å². The van der Waals surface area contributed by atoms with Crippen molar-refractivity contribution in [3.8, 4) is 0 Å². The van der Waals surface area contributed by atoms with E-state index >= 15 is 0 Å². The molecule has 0 aliphatic carbocycles. The van der Waals surface area contributed by atoms with Crippen LogP contribution in [0.5, 0.6) is 0 Å². The second kappa shape index (κ2) is 10.1. The lowest BCUT2D eigenvalue weighted by Gasteiger charge is -2.32. The maximum atomic E-state index is 10.7. The van der Waals surface area contributed by atoms with Crippen molar-refractivity contribution in [1.29, 1.82) is 0 Å². The third-order valence-corrected chi connectivity index (χ3v) is 6.58. The number of fused-ring (bicyclic) bond motifs is 2. The molecule has 2 aliphatic heterocycles. The van der Waals surface area contributed by atoms with Gasteiger partial charge in [-0.25, -0.2) is 14.8 Å². The summed E-state index contributed by atoms with van der Waals surface area (Å²) in [6, 6.07) is 6.54. The number of nitrogens with zero attached hydrogens (tertiary/aromatic N) is 4. The number of anilines is 2. The Bertz CT molecular complexity index is 960. The molecule has 31 heavy (non-hydrogen) atoms. The highest BCUT2D eigenvalue weighted by atomic mass is 32.2. The molecule has 3 heterocycles. The molecule has 9 heteroatoms. The number of carboxylic acids is 1. The van der Waals surface area contributed by atoms with E-state index in [0.29, 0.717) is 5.92 Å². The first-order chi connectivity index (χ1) is 15.1. The summed E-state index contributed by atoms with van der Waals surface area (Å²) in [6.45, 7) is 4.59. The summed E-state index contributed by atoms with van der Waals surface area (Å²) < 4.78 is 0. The fraction of sp³-hybridized carbons (Fsp3) is 0.455. The van der Waals surface area contributed by atoms with Crippen molar-refractivity contribution < 1.29 is 14.7 Å². The van der Waals surface area contributed by atoms with Gasteiger partial charge in [0.15, 0.2) is 5.82 Å². The molecule has 4 rings (SSSR count). The minimum Gasteiger partial charge on any atom is -0.479 e. The Kier molecular flexibility index (Phi) is 7.03. The predicted molar refractivity (Wildman–Crippen MR) is 120 cm³/mol. The number of aromatic nitrogens is 2. The second-order valence-electron chi connectivity index (χ2n) is 7.82. The quantitative estimate of drug-likeness (QED) is 0.397. The molecule has 0 unspecified atom stereocenters. The SMILES string of the molecule is CCCC(=NOCC(=O)O)C1CCN(Cc2ccc3c(c2)Nc2nccnc2S3)CC1. The number of hydrogen-bond acceptors (Lipinski definition) is 8. The monoisotopic (exact) mass is 441 g/mol. The molecule has 1 aromatic heterocycles. The van der Waals surface area contributed by atoms with E-state index in [9.17, 15) is 4.79 Å². The van der Waals surface area contributed by atoms with Gasteiger partial charge in [0.2, 0.25) is 6.61 Å². The molecule has 0 saturated carbocycles. The molecule has 0 spiro atoms. The van der Waals surface area contributed by atoms with Gasteiger partial charge >= 0.3 is 5.97 Å². The lowest BCUT2D eigenvalue weighted by atomic mass is 9.89. The fourth-order valence-corrected chi connectivity index (χ4v) is 4.89. The van der Waals surface area contributed by atoms with Crippen LogP contribution in [0.15, 0.2) is 45.7 Å². The van der Waals surface area contributed by atoms with Gasteiger partial charge in [0, 0.05) is 29.8 Å². The highest BCUT2D eigenvalue weighted by Gasteiger charge is 2.24. The highest BCUT2D eigenvalue weighted by Crippen LogP contribution is 2.42. The van der Waals surface area contributed by atoms with Gasteiger partial charge in [0.1, 0.15) is 5.03 Å². The number of benzene rings is 1. The first kappa shape index (κ1) is 21.6. The maximum absolute atomic E-state index is 10.7. The summed E-state index contributed by atoms with van der Waals surface area (Å²) in [4.78, 5) is 28.1. The number of carboxylic acid groups (broad SMARTS) is 1. The zero-order valence-electron chi connectivity index (χ0n) is 17.6. The van der Waals surface area contributed by atoms with Crippen molar-refractivity contribution in [3.05, 3.63) is 36.2 Å². The number of likely N-dealkylation sites (tertiary alicyclic amines) is 1. The van der Waals surface area contributed by atoms with Gasteiger partial charge in [-0.1, -0.05) is 36.3 Å². The molecule has 1 fully saturated rings. The summed E-state index contributed by atoms with van der Waals surface area (Å²) in [5.74, 6) is 0.176. The van der Waals surface area contributed by atoms with E-state index < -0.39 is 5.97 Å². The van der Waals surface area contributed by atoms with E-state index in [2.05, 4.69) is 50.5 Å². The first-order valence-electron chi connectivity index (χ1n) is 10.6. The Morgan fingerprint density at radius 3 is 2.90 bits per heavy atom. The van der Waals surface area contributed by atoms with Crippen LogP contribution in [0, 0.1) is 5.92 Å². The molecule has 0 radical (unpaired) electrons. The van der Waals surface area contributed by atoms with Crippen LogP contribution >= 0.6 is 11.8 Å². The molecule has 164 valence electrons. The normalized spacial score (nSPS) is 16.9. The third kappa shape index (κ3) is 5.54. The van der Waals surface area contributed by atoms with Crippen molar-refractivity contribution in [3.63, 3.8) is 0 Å². The average molecular weight is 442 g/mol. The van der Waals surface area contributed by atoms with Crippen LogP contribution in [0.3, 0.4) is 0 Å². The van der Waals surface area contributed by atoms with Gasteiger partial charge in [0.05, 0.1) is 11.4 Å². The van der Waals surface area contributed by atoms with Crippen LogP contribution < -0.4 is 5.32 Å². The molecule has 0 bridgehead atoms. The molecule has 0 amide bonds. The van der Waals surface area contributed by atoms with E-state index in [0.717, 1.165) is 72.5 Å². The molecular weight excluding hydrogens is 414 g/mol. The highest BCUT2D eigenvalue weighted by molar-refractivity contribution is 7.99. The van der Waals surface area contributed by atoms with Gasteiger partial charge in [-0.05, 0) is 50.0 Å². The van der Waals surface area contributed by atoms with Crippen LogP contribution in [0.4, 0.5) is 11.5 Å². The van der Waals surface area contributed by atoms with Crippen molar-refractivity contribution in [2.45, 2.75) is 49.1 Å². The molecule has 2 aliphatic rings. The van der Waals surface area contributed by atoms with Crippen molar-refractivity contribution in [2.75, 3.05) is 25.0 Å². The number of aliphatic carboxylic acids is 1. The third-order valence-electron chi connectivity index (χ3n) is 5.51. The van der Waals surface area contributed by atoms with E-state index in [1.54, 1.807) is 24.2 Å². The van der Waals surface area contributed by atoms with Gasteiger partial charge < -0.3 is 15.3 Å². The zero-order valence-corrected chi connectivity index (χ0v) is 18.4. The number of carbonyl (C=O) groups is 1. The van der Waals surface area contributed by atoms with Crippen LogP contribution in [0.2, 0.25) is 0 Å². The molecule has 0 atom stereocenters. The molecule has 2 N–H and O–H groups in total. The van der Waals surface area contributed by atoms with Gasteiger partial charge in [-0.2, -0.15) is 0 Å². The van der Waals surface area contributed by atoms with Crippen LogP contribution in [-0.4, -0.2) is 51.4 Å². The minimum absolute atomic E-state index is 0.363. The average Bonchev–Trinajstić information content (AvgIpc) is 2.77. The second-order valence-corrected chi connectivity index (χ2v) is 8.85. The number of piperidine rings is 1. The predicted octanol–water partition coefficient (Wildman–Crippen LogP) is 4.15. The Hall–Kier alpha value is -2.65. The summed E-state index contributed by atoms with van der Waals surface area (Å²) in [6.07, 6.45) is 7.26. The largest absolute Gasteiger partial charge is 0.479 e. The topological polar surface area (TPSA) is 99.9 Å². The Morgan fingerprint density at radius 1 is 1.32 bits per heavy atom. The molecular formula is C22H27N5O3S. The van der Waals surface area contributed by atoms with Gasteiger partial charge in [-0.15, -0.1) is 0 Å². The summed E-state index contributed by atoms with van der Waals surface area (Å²) in [5.41, 5.74) is 3.35. The number of oxime groups is 1. The number of hydrogen-bond donors (Lipinski definition) is 2. The maximum Gasteiger partial charge on any atom is 0.344 e. The number of rotatable bonds is 8. The van der Waals surface area contributed by atoms with Crippen molar-refractivity contribution in [1.82, 2.24) is 14.9 Å². The van der Waals surface area contributed by atoms with E-state index in [1.807, 2.05) is 0 Å². The molecule has 8 nitrogen and oxygen atoms in total. The Balaban J connectivity index is 1.33. The smallest absolute Gasteiger partial charge is 0.344 e. The lowest BCUT2D eigenvalue weighted by Crippen LogP contribution is -2.36. The Labute approximate surface area is 186 Å². The van der Waals surface area contributed by atoms with E-state index in [1.165, 1.54) is 5.56 Å².